The average Bonchev–Trinajstić information content (AvgIpc) is 2.41. The highest BCUT2D eigenvalue weighted by atomic mass is 16.5. The predicted octanol–water partition coefficient (Wildman–Crippen LogP) is 2.54. The van der Waals surface area contributed by atoms with Gasteiger partial charge in [0.2, 0.25) is 0 Å². The van der Waals surface area contributed by atoms with Crippen molar-refractivity contribution >= 4 is 0 Å². The van der Waals surface area contributed by atoms with Gasteiger partial charge in [0.1, 0.15) is 18.5 Å². The Hall–Kier alpha value is -1.32. The quantitative estimate of drug-likeness (QED) is 0.559. The molecule has 19 heavy (non-hydrogen) atoms. The highest BCUT2D eigenvalue weighted by Crippen LogP contribution is 2.13. The number of nitrogens with one attached hydrogen (secondary N) is 1. The second-order valence-corrected chi connectivity index (χ2v) is 4.91. The van der Waals surface area contributed by atoms with E-state index in [2.05, 4.69) is 38.2 Å². The number of aliphatic hydroxyl groups is 1. The Bertz CT molecular complexity index is 397. The molecule has 1 atom stereocenters. The van der Waals surface area contributed by atoms with Crippen molar-refractivity contribution in [3.8, 4) is 5.75 Å². The van der Waals surface area contributed by atoms with Crippen molar-refractivity contribution in [2.45, 2.75) is 33.3 Å². The summed E-state index contributed by atoms with van der Waals surface area (Å²) in [5.41, 5.74) is 2.52. The molecule has 0 bridgehead atoms. The van der Waals surface area contributed by atoms with E-state index in [1.54, 1.807) is 0 Å². The van der Waals surface area contributed by atoms with E-state index in [9.17, 15) is 5.11 Å². The summed E-state index contributed by atoms with van der Waals surface area (Å²) in [6, 6.07) is 7.99. The molecule has 0 saturated carbocycles. The minimum atomic E-state index is -0.490. The average molecular weight is 263 g/mol. The molecule has 0 fully saturated rings. The fraction of sp³-hybridized carbons (Fsp3) is 0.500. The zero-order chi connectivity index (χ0) is 14.1. The van der Waals surface area contributed by atoms with Gasteiger partial charge in [-0.3, -0.25) is 0 Å². The molecule has 3 heteroatoms. The van der Waals surface area contributed by atoms with Gasteiger partial charge in [-0.25, -0.2) is 0 Å². The van der Waals surface area contributed by atoms with E-state index >= 15 is 0 Å². The Balaban J connectivity index is 2.25. The van der Waals surface area contributed by atoms with Crippen LogP contribution < -0.4 is 10.1 Å². The Kier molecular flexibility index (Phi) is 7.23. The van der Waals surface area contributed by atoms with Gasteiger partial charge < -0.3 is 15.2 Å². The molecule has 2 N–H and O–H groups in total. The van der Waals surface area contributed by atoms with Crippen LogP contribution in [0.1, 0.15) is 26.3 Å². The lowest BCUT2D eigenvalue weighted by Gasteiger charge is -2.13. The van der Waals surface area contributed by atoms with Gasteiger partial charge in [0.25, 0.3) is 0 Å². The number of rotatable bonds is 8. The number of benzene rings is 1. The van der Waals surface area contributed by atoms with E-state index in [1.165, 1.54) is 11.1 Å². The SMILES string of the molecule is CCc1cccc(OCC(O)CNCC=C(C)C)c1. The molecule has 0 amide bonds. The molecule has 1 aromatic carbocycles. The molecular weight excluding hydrogens is 238 g/mol. The summed E-state index contributed by atoms with van der Waals surface area (Å²) < 4.78 is 5.58. The molecule has 106 valence electrons. The molecule has 1 aromatic rings. The number of hydrogen-bond donors (Lipinski definition) is 2. The Labute approximate surface area is 116 Å². The van der Waals surface area contributed by atoms with Crippen molar-refractivity contribution in [3.63, 3.8) is 0 Å². The van der Waals surface area contributed by atoms with Crippen molar-refractivity contribution < 1.29 is 9.84 Å². The van der Waals surface area contributed by atoms with E-state index in [0.29, 0.717) is 13.2 Å². The first-order valence-electron chi connectivity index (χ1n) is 6.85. The van der Waals surface area contributed by atoms with Crippen LogP contribution in [0.25, 0.3) is 0 Å². The number of aryl methyl sites for hydroxylation is 1. The van der Waals surface area contributed by atoms with Crippen LogP contribution in [0.4, 0.5) is 0 Å². The maximum Gasteiger partial charge on any atom is 0.119 e. The third kappa shape index (κ3) is 6.99. The number of ether oxygens (including phenoxy) is 1. The maximum absolute atomic E-state index is 9.79. The zero-order valence-corrected chi connectivity index (χ0v) is 12.1. The largest absolute Gasteiger partial charge is 0.491 e. The van der Waals surface area contributed by atoms with Crippen LogP contribution in [-0.4, -0.2) is 30.9 Å². The molecule has 0 aliphatic rings. The van der Waals surface area contributed by atoms with Crippen LogP contribution in [-0.2, 0) is 6.42 Å². The van der Waals surface area contributed by atoms with E-state index in [-0.39, 0.29) is 0 Å². The van der Waals surface area contributed by atoms with E-state index in [0.717, 1.165) is 18.7 Å². The van der Waals surface area contributed by atoms with Gasteiger partial charge in [0.05, 0.1) is 0 Å². The lowest BCUT2D eigenvalue weighted by molar-refractivity contribution is 0.107. The fourth-order valence-corrected chi connectivity index (χ4v) is 1.63. The number of hydrogen-bond acceptors (Lipinski definition) is 3. The van der Waals surface area contributed by atoms with Crippen LogP contribution in [0, 0.1) is 0 Å². The standard InChI is InChI=1S/C16H25NO2/c1-4-14-6-5-7-16(10-14)19-12-15(18)11-17-9-8-13(2)3/h5-8,10,15,17-18H,4,9,11-12H2,1-3H3. The minimum absolute atomic E-state index is 0.314. The summed E-state index contributed by atoms with van der Waals surface area (Å²) in [5, 5.41) is 13.0. The summed E-state index contributed by atoms with van der Waals surface area (Å²) >= 11 is 0. The highest BCUT2D eigenvalue weighted by molar-refractivity contribution is 5.28. The summed E-state index contributed by atoms with van der Waals surface area (Å²) in [7, 11) is 0. The Morgan fingerprint density at radius 1 is 1.42 bits per heavy atom. The van der Waals surface area contributed by atoms with Crippen molar-refractivity contribution in [3.05, 3.63) is 41.5 Å². The van der Waals surface area contributed by atoms with Gasteiger partial charge in [0, 0.05) is 13.1 Å². The van der Waals surface area contributed by atoms with Crippen molar-refractivity contribution in [2.24, 2.45) is 0 Å². The smallest absolute Gasteiger partial charge is 0.119 e. The third-order valence-electron chi connectivity index (χ3n) is 2.78. The number of aliphatic hydroxyl groups excluding tert-OH is 1. The Morgan fingerprint density at radius 3 is 2.89 bits per heavy atom. The monoisotopic (exact) mass is 263 g/mol. The topological polar surface area (TPSA) is 41.5 Å². The maximum atomic E-state index is 9.79. The molecule has 0 radical (unpaired) electrons. The number of allylic oxidation sites excluding steroid dienone is 1. The van der Waals surface area contributed by atoms with E-state index in [1.807, 2.05) is 18.2 Å². The first-order chi connectivity index (χ1) is 9.11. The highest BCUT2D eigenvalue weighted by Gasteiger charge is 2.04. The van der Waals surface area contributed by atoms with Crippen molar-refractivity contribution in [1.82, 2.24) is 5.32 Å². The summed E-state index contributed by atoms with van der Waals surface area (Å²) in [4.78, 5) is 0. The van der Waals surface area contributed by atoms with Crippen LogP contribution in [0.2, 0.25) is 0 Å². The molecule has 1 unspecified atom stereocenters. The summed E-state index contributed by atoms with van der Waals surface area (Å²) in [5.74, 6) is 0.822. The van der Waals surface area contributed by atoms with Crippen LogP contribution in [0.5, 0.6) is 5.75 Å². The normalized spacial score (nSPS) is 12.0. The first-order valence-corrected chi connectivity index (χ1v) is 6.85. The van der Waals surface area contributed by atoms with Gasteiger partial charge >= 0.3 is 0 Å². The first kappa shape index (κ1) is 15.7. The molecule has 0 spiro atoms. The van der Waals surface area contributed by atoms with Gasteiger partial charge in [-0.05, 0) is 38.0 Å². The fourth-order valence-electron chi connectivity index (χ4n) is 1.63. The van der Waals surface area contributed by atoms with Crippen molar-refractivity contribution in [1.29, 1.82) is 0 Å². The predicted molar refractivity (Wildman–Crippen MR) is 79.6 cm³/mol. The lowest BCUT2D eigenvalue weighted by atomic mass is 10.2. The molecule has 1 rings (SSSR count). The van der Waals surface area contributed by atoms with Gasteiger partial charge in [-0.2, -0.15) is 0 Å². The van der Waals surface area contributed by atoms with Crippen LogP contribution in [0.3, 0.4) is 0 Å². The molecule has 0 aromatic heterocycles. The Morgan fingerprint density at radius 2 is 2.21 bits per heavy atom. The molecule has 0 heterocycles. The molecule has 0 aliphatic heterocycles. The lowest BCUT2D eigenvalue weighted by Crippen LogP contribution is -2.31. The molecule has 0 aliphatic carbocycles. The third-order valence-corrected chi connectivity index (χ3v) is 2.78. The molecular formula is C16H25NO2. The van der Waals surface area contributed by atoms with Gasteiger partial charge in [-0.1, -0.05) is 30.7 Å². The minimum Gasteiger partial charge on any atom is -0.491 e. The zero-order valence-electron chi connectivity index (χ0n) is 12.1. The van der Waals surface area contributed by atoms with Crippen molar-refractivity contribution in [2.75, 3.05) is 19.7 Å². The van der Waals surface area contributed by atoms with Gasteiger partial charge in [0.15, 0.2) is 0 Å². The molecule has 3 nitrogen and oxygen atoms in total. The molecule has 0 saturated heterocycles. The van der Waals surface area contributed by atoms with Crippen LogP contribution in [0.15, 0.2) is 35.9 Å². The van der Waals surface area contributed by atoms with E-state index in [4.69, 9.17) is 4.74 Å². The van der Waals surface area contributed by atoms with E-state index < -0.39 is 6.10 Å². The van der Waals surface area contributed by atoms with Gasteiger partial charge in [-0.15, -0.1) is 0 Å². The summed E-state index contributed by atoms with van der Waals surface area (Å²) in [6.45, 7) is 7.86. The van der Waals surface area contributed by atoms with Crippen LogP contribution >= 0.6 is 0 Å². The second kappa shape index (κ2) is 8.73. The summed E-state index contributed by atoms with van der Waals surface area (Å²) in [6.07, 6.45) is 2.60. The second-order valence-electron chi connectivity index (χ2n) is 4.91.